The Balaban J connectivity index is 1.95. The van der Waals surface area contributed by atoms with Gasteiger partial charge in [0.15, 0.2) is 0 Å². The molecule has 1 aromatic carbocycles. The molecule has 5 nitrogen and oxygen atoms in total. The molecule has 0 bridgehead atoms. The molecule has 1 fully saturated rings. The molecule has 1 aromatic rings. The van der Waals surface area contributed by atoms with E-state index < -0.39 is 10.0 Å². The van der Waals surface area contributed by atoms with Gasteiger partial charge in [-0.1, -0.05) is 42.6 Å². The lowest BCUT2D eigenvalue weighted by molar-refractivity contribution is -0.121. The molecule has 0 unspecified atom stereocenters. The minimum Gasteiger partial charge on any atom is -0.351 e. The highest BCUT2D eigenvalue weighted by Gasteiger charge is 2.30. The largest absolute Gasteiger partial charge is 0.351 e. The van der Waals surface area contributed by atoms with Crippen LogP contribution in [0.25, 0.3) is 0 Å². The molecule has 2 rings (SSSR count). The molecule has 0 radical (unpaired) electrons. The van der Waals surface area contributed by atoms with Crippen molar-refractivity contribution in [3.63, 3.8) is 0 Å². The third-order valence-electron chi connectivity index (χ3n) is 3.89. The first-order valence-corrected chi connectivity index (χ1v) is 9.57. The topological polar surface area (TPSA) is 66.5 Å². The van der Waals surface area contributed by atoms with Gasteiger partial charge in [-0.05, 0) is 24.5 Å². The summed E-state index contributed by atoms with van der Waals surface area (Å²) in [7, 11) is -3.39. The first kappa shape index (κ1) is 17.2. The molecule has 22 heavy (non-hydrogen) atoms. The predicted molar refractivity (Wildman–Crippen MR) is 87.1 cm³/mol. The van der Waals surface area contributed by atoms with Crippen molar-refractivity contribution in [1.82, 2.24) is 9.62 Å². The number of hydrogen-bond donors (Lipinski definition) is 1. The maximum atomic E-state index is 12.1. The second kappa shape index (κ2) is 7.44. The van der Waals surface area contributed by atoms with Crippen LogP contribution in [0, 0.1) is 0 Å². The van der Waals surface area contributed by atoms with E-state index in [1.807, 2.05) is 18.2 Å². The van der Waals surface area contributed by atoms with Gasteiger partial charge in [-0.15, -0.1) is 0 Å². The van der Waals surface area contributed by atoms with Crippen LogP contribution >= 0.6 is 11.6 Å². The normalized spacial score (nSPS) is 16.1. The number of rotatable bonds is 6. The molecule has 7 heteroatoms. The van der Waals surface area contributed by atoms with E-state index >= 15 is 0 Å². The maximum Gasteiger partial charge on any atom is 0.235 e. The van der Waals surface area contributed by atoms with Crippen molar-refractivity contribution in [2.24, 2.45) is 0 Å². The van der Waals surface area contributed by atoms with Crippen LogP contribution in [-0.2, 0) is 21.4 Å². The Morgan fingerprint density at radius 2 is 1.95 bits per heavy atom. The van der Waals surface area contributed by atoms with Crippen LogP contribution in [0.4, 0.5) is 0 Å². The highest BCUT2D eigenvalue weighted by atomic mass is 35.5. The van der Waals surface area contributed by atoms with Crippen LogP contribution in [0.3, 0.4) is 0 Å². The van der Waals surface area contributed by atoms with Gasteiger partial charge < -0.3 is 5.32 Å². The van der Waals surface area contributed by atoms with Gasteiger partial charge in [0.1, 0.15) is 0 Å². The summed E-state index contributed by atoms with van der Waals surface area (Å²) in [5.41, 5.74) is 0.810. The average molecular weight is 345 g/mol. The zero-order chi connectivity index (χ0) is 16.2. The smallest absolute Gasteiger partial charge is 0.235 e. The summed E-state index contributed by atoms with van der Waals surface area (Å²) < 4.78 is 25.1. The number of nitrogens with one attached hydrogen (secondary N) is 1. The zero-order valence-corrected chi connectivity index (χ0v) is 14.2. The fourth-order valence-electron chi connectivity index (χ4n) is 2.74. The summed E-state index contributed by atoms with van der Waals surface area (Å²) in [6.45, 7) is 0.161. The van der Waals surface area contributed by atoms with Crippen molar-refractivity contribution >= 4 is 27.5 Å². The third kappa shape index (κ3) is 4.69. The van der Waals surface area contributed by atoms with Crippen molar-refractivity contribution in [3.05, 3.63) is 34.9 Å². The second-order valence-corrected chi connectivity index (χ2v) is 7.96. The van der Waals surface area contributed by atoms with Crippen molar-refractivity contribution in [1.29, 1.82) is 0 Å². The molecule has 0 aromatic heterocycles. The van der Waals surface area contributed by atoms with Crippen molar-refractivity contribution in [2.75, 3.05) is 12.8 Å². The standard InChI is InChI=1S/C15H21ClN2O3S/c1-22(20,21)18(13-7-3-4-8-13)11-15(19)17-10-12-6-2-5-9-14(12)16/h2,5-6,9,13H,3-4,7-8,10-11H2,1H3,(H,17,19). The molecule has 1 aliphatic carbocycles. The predicted octanol–water partition coefficient (Wildman–Crippen LogP) is 2.16. The Kier molecular flexibility index (Phi) is 5.83. The lowest BCUT2D eigenvalue weighted by Crippen LogP contribution is -2.44. The summed E-state index contributed by atoms with van der Waals surface area (Å²) in [5, 5.41) is 3.32. The average Bonchev–Trinajstić information content (AvgIpc) is 2.96. The molecule has 0 atom stereocenters. The molecule has 0 aliphatic heterocycles. The van der Waals surface area contributed by atoms with E-state index in [2.05, 4.69) is 5.32 Å². The Bertz CT molecular complexity index is 627. The van der Waals surface area contributed by atoms with E-state index in [4.69, 9.17) is 11.6 Å². The highest BCUT2D eigenvalue weighted by Crippen LogP contribution is 2.25. The van der Waals surface area contributed by atoms with Gasteiger partial charge in [-0.3, -0.25) is 4.79 Å². The molecule has 1 amide bonds. The number of amides is 1. The fraction of sp³-hybridized carbons (Fsp3) is 0.533. The Labute approximate surface area is 136 Å². The van der Waals surface area contributed by atoms with E-state index in [0.717, 1.165) is 37.5 Å². The van der Waals surface area contributed by atoms with E-state index in [-0.39, 0.29) is 18.5 Å². The molecule has 1 N–H and O–H groups in total. The Morgan fingerprint density at radius 1 is 1.32 bits per heavy atom. The lowest BCUT2D eigenvalue weighted by atomic mass is 10.2. The molecule has 1 aliphatic rings. The summed E-state index contributed by atoms with van der Waals surface area (Å²) in [6.07, 6.45) is 4.83. The minimum absolute atomic E-state index is 0.0546. The number of hydrogen-bond acceptors (Lipinski definition) is 3. The van der Waals surface area contributed by atoms with Crippen LogP contribution < -0.4 is 5.32 Å². The Morgan fingerprint density at radius 3 is 2.55 bits per heavy atom. The number of carbonyl (C=O) groups excluding carboxylic acids is 1. The van der Waals surface area contributed by atoms with E-state index in [9.17, 15) is 13.2 Å². The molecule has 0 saturated heterocycles. The van der Waals surface area contributed by atoms with Gasteiger partial charge in [0, 0.05) is 17.6 Å². The monoisotopic (exact) mass is 344 g/mol. The summed E-state index contributed by atoms with van der Waals surface area (Å²) in [4.78, 5) is 12.1. The number of carbonyl (C=O) groups is 1. The van der Waals surface area contributed by atoms with Gasteiger partial charge in [0.05, 0.1) is 12.8 Å². The maximum absolute atomic E-state index is 12.1. The van der Waals surface area contributed by atoms with Crippen molar-refractivity contribution in [3.8, 4) is 0 Å². The van der Waals surface area contributed by atoms with Gasteiger partial charge >= 0.3 is 0 Å². The van der Waals surface area contributed by atoms with Gasteiger partial charge in [0.2, 0.25) is 15.9 Å². The first-order chi connectivity index (χ1) is 10.4. The van der Waals surface area contributed by atoms with Crippen LogP contribution in [0.1, 0.15) is 31.2 Å². The molecular formula is C15H21ClN2O3S. The van der Waals surface area contributed by atoms with Crippen LogP contribution in [0.2, 0.25) is 5.02 Å². The van der Waals surface area contributed by atoms with Crippen molar-refractivity contribution < 1.29 is 13.2 Å². The van der Waals surface area contributed by atoms with E-state index in [1.54, 1.807) is 6.07 Å². The van der Waals surface area contributed by atoms with Gasteiger partial charge in [-0.25, -0.2) is 8.42 Å². The SMILES string of the molecule is CS(=O)(=O)N(CC(=O)NCc1ccccc1Cl)C1CCCC1. The minimum atomic E-state index is -3.39. The number of nitrogens with zero attached hydrogens (tertiary/aromatic N) is 1. The summed E-state index contributed by atoms with van der Waals surface area (Å²) >= 11 is 6.03. The fourth-order valence-corrected chi connectivity index (χ4v) is 4.05. The van der Waals surface area contributed by atoms with Crippen molar-refractivity contribution in [2.45, 2.75) is 38.3 Å². The van der Waals surface area contributed by atoms with Gasteiger partial charge in [-0.2, -0.15) is 4.31 Å². The molecule has 0 heterocycles. The van der Waals surface area contributed by atoms with E-state index in [0.29, 0.717) is 11.6 Å². The first-order valence-electron chi connectivity index (χ1n) is 7.35. The number of halogens is 1. The molecule has 1 saturated carbocycles. The third-order valence-corrected chi connectivity index (χ3v) is 5.54. The van der Waals surface area contributed by atoms with Crippen LogP contribution in [0.5, 0.6) is 0 Å². The summed E-state index contributed by atoms with van der Waals surface area (Å²) in [5.74, 6) is -0.308. The molecule has 0 spiro atoms. The van der Waals surface area contributed by atoms with E-state index in [1.165, 1.54) is 4.31 Å². The van der Waals surface area contributed by atoms with Gasteiger partial charge in [0.25, 0.3) is 0 Å². The highest BCUT2D eigenvalue weighted by molar-refractivity contribution is 7.88. The second-order valence-electron chi connectivity index (χ2n) is 5.61. The summed E-state index contributed by atoms with van der Waals surface area (Å²) in [6, 6.07) is 7.19. The zero-order valence-electron chi connectivity index (χ0n) is 12.6. The van der Waals surface area contributed by atoms with Crippen LogP contribution in [-0.4, -0.2) is 37.5 Å². The Hall–Kier alpha value is -1.11. The van der Waals surface area contributed by atoms with Crippen LogP contribution in [0.15, 0.2) is 24.3 Å². The lowest BCUT2D eigenvalue weighted by Gasteiger charge is -2.25. The number of benzene rings is 1. The molecule has 122 valence electrons. The quantitative estimate of drug-likeness (QED) is 0.860. The molecular weight excluding hydrogens is 324 g/mol. The number of sulfonamides is 1.